The fourth-order valence-electron chi connectivity index (χ4n) is 3.49. The molecule has 0 atom stereocenters. The normalized spacial score (nSPS) is 14.1. The van der Waals surface area contributed by atoms with Crippen LogP contribution in [0, 0.1) is 6.92 Å². The topological polar surface area (TPSA) is 3.24 Å². The van der Waals surface area contributed by atoms with Crippen molar-refractivity contribution in [2.45, 2.75) is 19.8 Å². The van der Waals surface area contributed by atoms with Crippen molar-refractivity contribution in [1.82, 2.24) is 0 Å². The van der Waals surface area contributed by atoms with Gasteiger partial charge in [0.25, 0.3) is 0 Å². The summed E-state index contributed by atoms with van der Waals surface area (Å²) in [6.07, 6.45) is 6.04. The molecule has 1 aliphatic carbocycles. The van der Waals surface area contributed by atoms with Crippen LogP contribution in [-0.2, 0) is 0 Å². The Labute approximate surface area is 150 Å². The summed E-state index contributed by atoms with van der Waals surface area (Å²) in [5, 5.41) is 2.52. The zero-order valence-electron chi connectivity index (χ0n) is 14.4. The number of hydrogen-bond donors (Lipinski definition) is 0. The van der Waals surface area contributed by atoms with Gasteiger partial charge in [-0.1, -0.05) is 60.7 Å². The number of aryl methyl sites for hydroxylation is 1. The first-order chi connectivity index (χ1) is 12.2. The zero-order chi connectivity index (χ0) is 17.2. The maximum absolute atomic E-state index is 5.99. The number of rotatable bonds is 3. The van der Waals surface area contributed by atoms with E-state index in [-0.39, 0.29) is 0 Å². The minimum atomic E-state index is 0.902. The number of para-hydroxylation sites is 1. The lowest BCUT2D eigenvalue weighted by atomic mass is 9.86. The van der Waals surface area contributed by atoms with Crippen LogP contribution in [0.4, 0.5) is 11.4 Å². The molecule has 0 bridgehead atoms. The van der Waals surface area contributed by atoms with Gasteiger partial charge in [0.15, 0.2) is 0 Å². The second-order valence-corrected chi connectivity index (χ2v) is 6.52. The molecule has 0 fully saturated rings. The van der Waals surface area contributed by atoms with Gasteiger partial charge in [-0.3, -0.25) is 0 Å². The van der Waals surface area contributed by atoms with Gasteiger partial charge in [-0.05, 0) is 48.9 Å². The van der Waals surface area contributed by atoms with Crippen molar-refractivity contribution in [3.05, 3.63) is 95.6 Å². The average molecular weight is 321 g/mol. The number of hydrogen-bond acceptors (Lipinski definition) is 1. The minimum absolute atomic E-state index is 0.902. The van der Waals surface area contributed by atoms with Crippen LogP contribution in [0.25, 0.3) is 10.8 Å². The summed E-state index contributed by atoms with van der Waals surface area (Å²) in [4.78, 5) is 2.39. The van der Waals surface area contributed by atoms with E-state index < -0.39 is 0 Å². The van der Waals surface area contributed by atoms with Gasteiger partial charge in [0.1, 0.15) is 7.85 Å². The molecule has 0 amide bonds. The van der Waals surface area contributed by atoms with E-state index in [9.17, 15) is 0 Å². The van der Waals surface area contributed by atoms with Crippen LogP contribution < -0.4 is 4.90 Å². The Morgan fingerprint density at radius 3 is 2.28 bits per heavy atom. The quantitative estimate of drug-likeness (QED) is 0.533. The molecule has 0 heterocycles. The molecule has 0 saturated carbocycles. The van der Waals surface area contributed by atoms with Crippen molar-refractivity contribution in [1.29, 1.82) is 0 Å². The highest BCUT2D eigenvalue weighted by molar-refractivity contribution is 6.21. The van der Waals surface area contributed by atoms with E-state index in [4.69, 9.17) is 7.85 Å². The fraction of sp³-hybridized carbons (Fsp3) is 0.130. The molecule has 0 aromatic heterocycles. The Morgan fingerprint density at radius 1 is 0.760 bits per heavy atom. The monoisotopic (exact) mass is 321 g/mol. The number of anilines is 2. The van der Waals surface area contributed by atoms with Crippen LogP contribution in [0.3, 0.4) is 0 Å². The highest BCUT2D eigenvalue weighted by Gasteiger charge is 2.19. The van der Waals surface area contributed by atoms with Crippen molar-refractivity contribution >= 4 is 30.0 Å². The Bertz CT molecular complexity index is 979. The predicted octanol–water partition coefficient (Wildman–Crippen LogP) is 6.02. The van der Waals surface area contributed by atoms with Crippen LogP contribution in [0.15, 0.2) is 90.1 Å². The van der Waals surface area contributed by atoms with E-state index in [0.29, 0.717) is 0 Å². The lowest BCUT2D eigenvalue weighted by molar-refractivity contribution is 0.906. The van der Waals surface area contributed by atoms with E-state index in [1.54, 1.807) is 0 Å². The van der Waals surface area contributed by atoms with E-state index in [2.05, 4.69) is 84.6 Å². The second kappa shape index (κ2) is 6.64. The van der Waals surface area contributed by atoms with Crippen molar-refractivity contribution in [3.8, 4) is 0 Å². The molecular formula is C23H20BN. The van der Waals surface area contributed by atoms with Gasteiger partial charge in [0.05, 0.1) is 5.69 Å². The van der Waals surface area contributed by atoms with E-state index in [1.165, 1.54) is 33.4 Å². The van der Waals surface area contributed by atoms with Gasteiger partial charge in [0.2, 0.25) is 0 Å². The van der Waals surface area contributed by atoms with Crippen molar-refractivity contribution in [2.75, 3.05) is 4.90 Å². The molecule has 120 valence electrons. The van der Waals surface area contributed by atoms with Crippen LogP contribution in [0.2, 0.25) is 0 Å². The molecule has 25 heavy (non-hydrogen) atoms. The van der Waals surface area contributed by atoms with Crippen LogP contribution in [0.5, 0.6) is 0 Å². The van der Waals surface area contributed by atoms with Crippen molar-refractivity contribution < 1.29 is 0 Å². The molecule has 1 nitrogen and oxygen atoms in total. The van der Waals surface area contributed by atoms with Crippen molar-refractivity contribution in [2.24, 2.45) is 0 Å². The SMILES string of the molecule is [B]C1=CC=C(N(c2ccccc2C)c2cccc3ccccc23)CC1. The summed E-state index contributed by atoms with van der Waals surface area (Å²) < 4.78 is 0. The first-order valence-corrected chi connectivity index (χ1v) is 8.73. The van der Waals surface area contributed by atoms with Gasteiger partial charge in [-0.15, -0.1) is 5.47 Å². The highest BCUT2D eigenvalue weighted by Crippen LogP contribution is 2.39. The molecule has 0 aliphatic heterocycles. The Kier molecular flexibility index (Phi) is 4.19. The third kappa shape index (κ3) is 3.00. The number of allylic oxidation sites excluding steroid dienone is 4. The summed E-state index contributed by atoms with van der Waals surface area (Å²) in [6, 6.07) is 23.6. The van der Waals surface area contributed by atoms with Crippen molar-refractivity contribution in [3.63, 3.8) is 0 Å². The third-order valence-corrected chi connectivity index (χ3v) is 4.81. The molecule has 2 heteroatoms. The van der Waals surface area contributed by atoms with Gasteiger partial charge >= 0.3 is 0 Å². The molecule has 3 aromatic carbocycles. The molecule has 3 aromatic rings. The van der Waals surface area contributed by atoms with E-state index >= 15 is 0 Å². The second-order valence-electron chi connectivity index (χ2n) is 6.52. The number of nitrogens with zero attached hydrogens (tertiary/aromatic N) is 1. The van der Waals surface area contributed by atoms with Gasteiger partial charge in [-0.2, -0.15) is 0 Å². The summed E-state index contributed by atoms with van der Waals surface area (Å²) in [5.41, 5.74) is 5.93. The zero-order valence-corrected chi connectivity index (χ0v) is 14.4. The minimum Gasteiger partial charge on any atom is -0.313 e. The van der Waals surface area contributed by atoms with Crippen LogP contribution in [0.1, 0.15) is 18.4 Å². The number of fused-ring (bicyclic) bond motifs is 1. The largest absolute Gasteiger partial charge is 0.313 e. The summed E-state index contributed by atoms with van der Waals surface area (Å²) in [7, 11) is 5.99. The molecule has 0 saturated heterocycles. The van der Waals surface area contributed by atoms with E-state index in [0.717, 1.165) is 18.3 Å². The van der Waals surface area contributed by atoms with Crippen LogP contribution >= 0.6 is 0 Å². The molecule has 0 spiro atoms. The molecule has 0 unspecified atom stereocenters. The fourth-order valence-corrected chi connectivity index (χ4v) is 3.49. The Hall–Kier alpha value is -2.74. The molecule has 0 N–H and O–H groups in total. The molecular weight excluding hydrogens is 301 g/mol. The maximum atomic E-state index is 5.99. The Morgan fingerprint density at radius 2 is 1.48 bits per heavy atom. The average Bonchev–Trinajstić information content (AvgIpc) is 2.65. The standard InChI is InChI=1S/C23H20BN/c1-17-7-2-5-11-22(17)25(20-15-13-19(24)14-16-20)23-12-6-9-18-8-3-4-10-21(18)23/h2-13,15H,14,16H2,1H3. The van der Waals surface area contributed by atoms with E-state index in [1.807, 2.05) is 6.08 Å². The third-order valence-electron chi connectivity index (χ3n) is 4.81. The predicted molar refractivity (Wildman–Crippen MR) is 108 cm³/mol. The highest BCUT2D eigenvalue weighted by atomic mass is 15.2. The van der Waals surface area contributed by atoms with Gasteiger partial charge in [0, 0.05) is 16.8 Å². The molecule has 1 aliphatic rings. The summed E-state index contributed by atoms with van der Waals surface area (Å²) in [6.45, 7) is 2.17. The first kappa shape index (κ1) is 15.8. The lowest BCUT2D eigenvalue weighted by Gasteiger charge is -2.31. The Balaban J connectivity index is 1.96. The molecule has 2 radical (unpaired) electrons. The van der Waals surface area contributed by atoms with Gasteiger partial charge < -0.3 is 4.90 Å². The smallest absolute Gasteiger partial charge is 0.107 e. The van der Waals surface area contributed by atoms with Gasteiger partial charge in [-0.25, -0.2) is 0 Å². The molecule has 4 rings (SSSR count). The lowest BCUT2D eigenvalue weighted by Crippen LogP contribution is -2.19. The number of benzene rings is 3. The summed E-state index contributed by atoms with van der Waals surface area (Å²) >= 11 is 0. The maximum Gasteiger partial charge on any atom is 0.107 e. The van der Waals surface area contributed by atoms with Crippen LogP contribution in [-0.4, -0.2) is 7.85 Å². The summed E-state index contributed by atoms with van der Waals surface area (Å²) in [5.74, 6) is 0. The first-order valence-electron chi connectivity index (χ1n) is 8.73.